The molecule has 1 fully saturated rings. The number of carboxylic acid groups (broad SMARTS) is 1. The molecule has 3 atom stereocenters. The number of allylic oxidation sites excluding steroid dienone is 1. The molecule has 0 saturated heterocycles. The molecule has 3 heteroatoms. The highest BCUT2D eigenvalue weighted by Gasteiger charge is 2.52. The smallest absolute Gasteiger partial charge is 0.336 e. The van der Waals surface area contributed by atoms with E-state index in [0.29, 0.717) is 12.3 Å². The molecule has 0 aromatic carbocycles. The van der Waals surface area contributed by atoms with Crippen LogP contribution in [0.2, 0.25) is 0 Å². The summed E-state index contributed by atoms with van der Waals surface area (Å²) in [6, 6.07) is 0. The topological polar surface area (TPSA) is 57.5 Å². The molecule has 0 spiro atoms. The van der Waals surface area contributed by atoms with E-state index in [1.807, 2.05) is 12.2 Å². The maximum absolute atomic E-state index is 10.6. The summed E-state index contributed by atoms with van der Waals surface area (Å²) >= 11 is 0. The molecule has 0 aliphatic heterocycles. The summed E-state index contributed by atoms with van der Waals surface area (Å²) in [6.45, 7) is 0. The average Bonchev–Trinajstić information content (AvgIpc) is 2.45. The van der Waals surface area contributed by atoms with E-state index in [2.05, 4.69) is 0 Å². The first-order valence-corrected chi connectivity index (χ1v) is 3.77. The lowest BCUT2D eigenvalue weighted by Crippen LogP contribution is -2.42. The van der Waals surface area contributed by atoms with E-state index < -0.39 is 11.6 Å². The van der Waals surface area contributed by atoms with Crippen molar-refractivity contribution in [2.45, 2.75) is 18.4 Å². The van der Waals surface area contributed by atoms with Crippen LogP contribution in [0.5, 0.6) is 0 Å². The molecule has 60 valence electrons. The summed E-state index contributed by atoms with van der Waals surface area (Å²) in [7, 11) is 0. The first-order chi connectivity index (χ1) is 5.13. The van der Waals surface area contributed by atoms with Crippen molar-refractivity contribution >= 4 is 5.97 Å². The monoisotopic (exact) mass is 154 g/mol. The Morgan fingerprint density at radius 3 is 2.55 bits per heavy atom. The third-order valence-electron chi connectivity index (χ3n) is 2.73. The van der Waals surface area contributed by atoms with Gasteiger partial charge in [-0.3, -0.25) is 0 Å². The number of aliphatic hydroxyl groups is 1. The fourth-order valence-corrected chi connectivity index (χ4v) is 2.08. The summed E-state index contributed by atoms with van der Waals surface area (Å²) in [6.07, 6.45) is 5.02. The minimum absolute atomic E-state index is 0.148. The van der Waals surface area contributed by atoms with Crippen molar-refractivity contribution in [1.82, 2.24) is 0 Å². The van der Waals surface area contributed by atoms with Gasteiger partial charge >= 0.3 is 5.97 Å². The summed E-state index contributed by atoms with van der Waals surface area (Å²) < 4.78 is 0. The van der Waals surface area contributed by atoms with Gasteiger partial charge in [0, 0.05) is 5.92 Å². The Labute approximate surface area is 64.3 Å². The van der Waals surface area contributed by atoms with Gasteiger partial charge in [-0.15, -0.1) is 0 Å². The summed E-state index contributed by atoms with van der Waals surface area (Å²) in [5, 5.41) is 18.3. The van der Waals surface area contributed by atoms with Gasteiger partial charge < -0.3 is 10.2 Å². The number of carbonyl (C=O) groups is 1. The SMILES string of the molecule is O=C(O)C1(O)C[C@H]2C=C[C@@H]1C2. The Hall–Kier alpha value is -0.830. The van der Waals surface area contributed by atoms with Crippen molar-refractivity contribution in [1.29, 1.82) is 0 Å². The molecule has 0 radical (unpaired) electrons. The molecular formula is C8H10O3. The van der Waals surface area contributed by atoms with E-state index >= 15 is 0 Å². The van der Waals surface area contributed by atoms with Crippen LogP contribution in [-0.2, 0) is 4.79 Å². The molecule has 2 aliphatic rings. The van der Waals surface area contributed by atoms with Gasteiger partial charge in [-0.2, -0.15) is 0 Å². The van der Waals surface area contributed by atoms with Crippen LogP contribution >= 0.6 is 0 Å². The Balaban J connectivity index is 2.30. The molecule has 0 heterocycles. The minimum atomic E-state index is -1.46. The van der Waals surface area contributed by atoms with Crippen molar-refractivity contribution < 1.29 is 15.0 Å². The summed E-state index contributed by atoms with van der Waals surface area (Å²) in [4.78, 5) is 10.6. The van der Waals surface area contributed by atoms with Crippen LogP contribution in [0.25, 0.3) is 0 Å². The molecule has 3 nitrogen and oxygen atoms in total. The molecule has 0 aromatic heterocycles. The van der Waals surface area contributed by atoms with Gasteiger partial charge in [0.1, 0.15) is 0 Å². The van der Waals surface area contributed by atoms with Crippen molar-refractivity contribution in [3.63, 3.8) is 0 Å². The van der Waals surface area contributed by atoms with Crippen LogP contribution < -0.4 is 0 Å². The maximum atomic E-state index is 10.6. The molecular weight excluding hydrogens is 144 g/mol. The molecule has 1 unspecified atom stereocenters. The Morgan fingerprint density at radius 1 is 1.55 bits per heavy atom. The standard InChI is InChI=1S/C8H10O3/c9-7(10)8(11)4-5-1-2-6(8)3-5/h1-2,5-6,11H,3-4H2,(H,9,10)/t5-,6+,8?/m0/s1. The van der Waals surface area contributed by atoms with Gasteiger partial charge in [-0.05, 0) is 18.8 Å². The van der Waals surface area contributed by atoms with Crippen molar-refractivity contribution in [2.24, 2.45) is 11.8 Å². The van der Waals surface area contributed by atoms with E-state index in [4.69, 9.17) is 5.11 Å². The average molecular weight is 154 g/mol. The fourth-order valence-electron chi connectivity index (χ4n) is 2.08. The highest BCUT2D eigenvalue weighted by Crippen LogP contribution is 2.46. The largest absolute Gasteiger partial charge is 0.479 e. The third-order valence-corrected chi connectivity index (χ3v) is 2.73. The Morgan fingerprint density at radius 2 is 2.27 bits per heavy atom. The summed E-state index contributed by atoms with van der Waals surface area (Å²) in [5.41, 5.74) is -1.46. The maximum Gasteiger partial charge on any atom is 0.336 e. The van der Waals surface area contributed by atoms with E-state index in [1.165, 1.54) is 0 Å². The third kappa shape index (κ3) is 0.744. The molecule has 2 rings (SSSR count). The Kier molecular flexibility index (Phi) is 1.16. The zero-order chi connectivity index (χ0) is 8.06. The van der Waals surface area contributed by atoms with E-state index in [-0.39, 0.29) is 5.92 Å². The highest BCUT2D eigenvalue weighted by molar-refractivity contribution is 5.79. The first-order valence-electron chi connectivity index (χ1n) is 3.77. The number of rotatable bonds is 1. The van der Waals surface area contributed by atoms with E-state index in [9.17, 15) is 9.90 Å². The van der Waals surface area contributed by atoms with Gasteiger partial charge in [-0.25, -0.2) is 4.79 Å². The second kappa shape index (κ2) is 1.85. The van der Waals surface area contributed by atoms with Gasteiger partial charge in [0.15, 0.2) is 5.60 Å². The van der Waals surface area contributed by atoms with Crippen LogP contribution in [0, 0.1) is 11.8 Å². The second-order valence-corrected chi connectivity index (χ2v) is 3.42. The quantitative estimate of drug-likeness (QED) is 0.537. The van der Waals surface area contributed by atoms with Crippen LogP contribution in [0.1, 0.15) is 12.8 Å². The molecule has 0 aromatic rings. The number of aliphatic carboxylic acids is 1. The second-order valence-electron chi connectivity index (χ2n) is 3.42. The van der Waals surface area contributed by atoms with E-state index in [1.54, 1.807) is 0 Å². The lowest BCUT2D eigenvalue weighted by molar-refractivity contribution is -0.161. The number of hydrogen-bond acceptors (Lipinski definition) is 2. The van der Waals surface area contributed by atoms with Crippen molar-refractivity contribution in [3.8, 4) is 0 Å². The van der Waals surface area contributed by atoms with Gasteiger partial charge in [0.25, 0.3) is 0 Å². The fraction of sp³-hybridized carbons (Fsp3) is 0.625. The van der Waals surface area contributed by atoms with Crippen LogP contribution in [0.15, 0.2) is 12.2 Å². The Bertz CT molecular complexity index is 233. The molecule has 2 N–H and O–H groups in total. The summed E-state index contributed by atoms with van der Waals surface area (Å²) in [5.74, 6) is -0.930. The van der Waals surface area contributed by atoms with Gasteiger partial charge in [0.05, 0.1) is 0 Å². The normalized spacial score (nSPS) is 46.6. The lowest BCUT2D eigenvalue weighted by atomic mass is 9.89. The molecule has 0 amide bonds. The van der Waals surface area contributed by atoms with Crippen molar-refractivity contribution in [2.75, 3.05) is 0 Å². The number of fused-ring (bicyclic) bond motifs is 2. The minimum Gasteiger partial charge on any atom is -0.479 e. The first kappa shape index (κ1) is 6.85. The zero-order valence-corrected chi connectivity index (χ0v) is 6.03. The number of hydrogen-bond donors (Lipinski definition) is 2. The van der Waals surface area contributed by atoms with Crippen LogP contribution in [0.4, 0.5) is 0 Å². The molecule has 2 aliphatic carbocycles. The van der Waals surface area contributed by atoms with Crippen LogP contribution in [0.3, 0.4) is 0 Å². The van der Waals surface area contributed by atoms with Gasteiger partial charge in [0.2, 0.25) is 0 Å². The van der Waals surface area contributed by atoms with Gasteiger partial charge in [-0.1, -0.05) is 12.2 Å². The predicted molar refractivity (Wildman–Crippen MR) is 37.9 cm³/mol. The molecule has 11 heavy (non-hydrogen) atoms. The molecule has 1 saturated carbocycles. The van der Waals surface area contributed by atoms with Crippen molar-refractivity contribution in [3.05, 3.63) is 12.2 Å². The zero-order valence-electron chi connectivity index (χ0n) is 6.03. The highest BCUT2D eigenvalue weighted by atomic mass is 16.4. The number of carboxylic acids is 1. The van der Waals surface area contributed by atoms with Crippen LogP contribution in [-0.4, -0.2) is 21.8 Å². The predicted octanol–water partition coefficient (Wildman–Crippen LogP) is 0.398. The van der Waals surface area contributed by atoms with E-state index in [0.717, 1.165) is 6.42 Å². The molecule has 2 bridgehead atoms. The lowest BCUT2D eigenvalue weighted by Gasteiger charge is -2.24.